The van der Waals surface area contributed by atoms with E-state index in [9.17, 15) is 0 Å². The van der Waals surface area contributed by atoms with E-state index in [0.717, 1.165) is 52.8 Å². The van der Waals surface area contributed by atoms with E-state index in [-0.39, 0.29) is 0 Å². The number of anilines is 1. The number of fused-ring (bicyclic) bond motifs is 1. The number of hydrogen-bond donors (Lipinski definition) is 3. The summed E-state index contributed by atoms with van der Waals surface area (Å²) in [6, 6.07) is 0.332. The van der Waals surface area contributed by atoms with Crippen LogP contribution in [0.2, 0.25) is 0 Å². The third-order valence-corrected chi connectivity index (χ3v) is 5.35. The van der Waals surface area contributed by atoms with E-state index in [0.29, 0.717) is 6.04 Å². The fraction of sp³-hybridized carbons (Fsp3) is 0.389. The second-order valence-corrected chi connectivity index (χ2v) is 7.57. The van der Waals surface area contributed by atoms with Gasteiger partial charge in [0.05, 0.1) is 28.8 Å². The number of aromatic nitrogens is 5. The maximum absolute atomic E-state index is 4.85. The zero-order valence-corrected chi connectivity index (χ0v) is 16.5. The summed E-state index contributed by atoms with van der Waals surface area (Å²) in [6.07, 6.45) is 11.9. The van der Waals surface area contributed by atoms with Crippen LogP contribution in [0.1, 0.15) is 19.0 Å². The highest BCUT2D eigenvalue weighted by atomic mass is 32.2. The average Bonchev–Trinajstić information content (AvgIpc) is 3.35. The standard InChI is InChI=1S/C18H24N8S/c1-12-7-16(27-24-12)23-17-18-20-9-15(13-8-21-25(3)10-13)26(18)11-14(22-17)5-4-6-19-2/h7-12,19,24H,4-6H2,1-3H3,(H,22,23). The summed E-state index contributed by atoms with van der Waals surface area (Å²) >= 11 is 1.59. The summed E-state index contributed by atoms with van der Waals surface area (Å²) in [6.45, 7) is 3.08. The summed E-state index contributed by atoms with van der Waals surface area (Å²) in [4.78, 5) is 9.48. The van der Waals surface area contributed by atoms with Crippen LogP contribution in [-0.4, -0.2) is 43.8 Å². The van der Waals surface area contributed by atoms with Crippen LogP contribution in [0.25, 0.3) is 16.9 Å². The van der Waals surface area contributed by atoms with Crippen molar-refractivity contribution in [1.29, 1.82) is 0 Å². The van der Waals surface area contributed by atoms with E-state index in [1.54, 1.807) is 16.6 Å². The quantitative estimate of drug-likeness (QED) is 0.425. The van der Waals surface area contributed by atoms with Crippen molar-refractivity contribution < 1.29 is 0 Å². The van der Waals surface area contributed by atoms with Gasteiger partial charge in [-0.25, -0.2) is 9.97 Å². The highest BCUT2D eigenvalue weighted by molar-refractivity contribution is 8.01. The number of nitrogens with zero attached hydrogens (tertiary/aromatic N) is 5. The first-order valence-electron chi connectivity index (χ1n) is 9.06. The molecule has 0 fully saturated rings. The fourth-order valence-electron chi connectivity index (χ4n) is 3.09. The number of rotatable bonds is 7. The molecule has 9 heteroatoms. The van der Waals surface area contributed by atoms with Gasteiger partial charge >= 0.3 is 0 Å². The van der Waals surface area contributed by atoms with Gasteiger partial charge in [0.25, 0.3) is 0 Å². The Morgan fingerprint density at radius 2 is 2.19 bits per heavy atom. The molecular weight excluding hydrogens is 360 g/mol. The lowest BCUT2D eigenvalue weighted by molar-refractivity contribution is 0.713. The minimum atomic E-state index is 0.332. The lowest BCUT2D eigenvalue weighted by Gasteiger charge is -2.11. The van der Waals surface area contributed by atoms with E-state index in [1.165, 1.54) is 0 Å². The smallest absolute Gasteiger partial charge is 0.180 e. The Kier molecular flexibility index (Phi) is 5.15. The van der Waals surface area contributed by atoms with Gasteiger partial charge in [0.15, 0.2) is 11.5 Å². The van der Waals surface area contributed by atoms with Crippen LogP contribution in [-0.2, 0) is 13.5 Å². The van der Waals surface area contributed by atoms with Crippen molar-refractivity contribution in [2.45, 2.75) is 25.8 Å². The third-order valence-electron chi connectivity index (χ3n) is 4.40. The molecule has 27 heavy (non-hydrogen) atoms. The topological polar surface area (TPSA) is 84.1 Å². The number of nitrogens with one attached hydrogen (secondary N) is 3. The summed E-state index contributed by atoms with van der Waals surface area (Å²) in [5.74, 6) is 0.779. The van der Waals surface area contributed by atoms with Crippen LogP contribution in [0.15, 0.2) is 35.9 Å². The van der Waals surface area contributed by atoms with Crippen molar-refractivity contribution in [2.24, 2.45) is 7.05 Å². The lowest BCUT2D eigenvalue weighted by atomic mass is 10.2. The van der Waals surface area contributed by atoms with Crippen molar-refractivity contribution >= 4 is 23.4 Å². The van der Waals surface area contributed by atoms with Gasteiger partial charge in [0.1, 0.15) is 0 Å². The number of aryl methyl sites for hydroxylation is 2. The predicted molar refractivity (Wildman–Crippen MR) is 109 cm³/mol. The molecule has 0 aromatic carbocycles. The molecule has 8 nitrogen and oxygen atoms in total. The Morgan fingerprint density at radius 1 is 1.30 bits per heavy atom. The Morgan fingerprint density at radius 3 is 2.89 bits per heavy atom. The molecule has 3 aromatic heterocycles. The van der Waals surface area contributed by atoms with Gasteiger partial charge < -0.3 is 10.6 Å². The normalized spacial score (nSPS) is 16.9. The van der Waals surface area contributed by atoms with Gasteiger partial charge in [-0.2, -0.15) is 5.10 Å². The molecule has 0 aliphatic carbocycles. The molecule has 4 heterocycles. The van der Waals surface area contributed by atoms with E-state index in [2.05, 4.69) is 49.0 Å². The predicted octanol–water partition coefficient (Wildman–Crippen LogP) is 2.17. The number of imidazole rings is 1. The fourth-order valence-corrected chi connectivity index (χ4v) is 3.89. The first-order chi connectivity index (χ1) is 13.1. The molecule has 4 rings (SSSR count). The maximum Gasteiger partial charge on any atom is 0.180 e. The van der Waals surface area contributed by atoms with E-state index in [1.807, 2.05) is 32.7 Å². The van der Waals surface area contributed by atoms with Gasteiger partial charge in [-0.1, -0.05) is 0 Å². The molecule has 142 valence electrons. The molecule has 1 aliphatic heterocycles. The zero-order valence-electron chi connectivity index (χ0n) is 15.7. The van der Waals surface area contributed by atoms with Crippen LogP contribution in [0, 0.1) is 0 Å². The molecule has 0 bridgehead atoms. The Hall–Kier alpha value is -2.36. The summed E-state index contributed by atoms with van der Waals surface area (Å²) in [5, 5.41) is 12.0. The van der Waals surface area contributed by atoms with Crippen molar-refractivity contribution in [2.75, 3.05) is 18.9 Å². The maximum atomic E-state index is 4.85. The van der Waals surface area contributed by atoms with Crippen molar-refractivity contribution in [1.82, 2.24) is 34.2 Å². The van der Waals surface area contributed by atoms with E-state index >= 15 is 0 Å². The molecule has 0 saturated heterocycles. The second-order valence-electron chi connectivity index (χ2n) is 6.69. The Bertz CT molecular complexity index is 973. The molecule has 1 unspecified atom stereocenters. The van der Waals surface area contributed by atoms with Crippen LogP contribution >= 0.6 is 11.9 Å². The van der Waals surface area contributed by atoms with Gasteiger partial charge in [0, 0.05) is 31.0 Å². The Labute approximate surface area is 162 Å². The van der Waals surface area contributed by atoms with Gasteiger partial charge in [-0.15, -0.1) is 0 Å². The average molecular weight is 385 g/mol. The highest BCUT2D eigenvalue weighted by Crippen LogP contribution is 2.28. The second kappa shape index (κ2) is 7.71. The van der Waals surface area contributed by atoms with E-state index < -0.39 is 0 Å². The largest absolute Gasteiger partial charge is 0.331 e. The molecule has 3 N–H and O–H groups in total. The monoisotopic (exact) mass is 384 g/mol. The van der Waals surface area contributed by atoms with Crippen LogP contribution in [0.4, 0.5) is 5.82 Å². The molecule has 0 amide bonds. The SMILES string of the molecule is CNCCCc1cn2c(-c3cnn(C)c3)cnc2c(NC2=CC(C)NS2)n1. The highest BCUT2D eigenvalue weighted by Gasteiger charge is 2.17. The van der Waals surface area contributed by atoms with Gasteiger partial charge in [-0.05, 0) is 51.4 Å². The first kappa shape index (κ1) is 18.0. The minimum absolute atomic E-state index is 0.332. The lowest BCUT2D eigenvalue weighted by Crippen LogP contribution is -2.10. The molecule has 1 aliphatic rings. The van der Waals surface area contributed by atoms with Crippen LogP contribution in [0.5, 0.6) is 0 Å². The molecule has 3 aromatic rings. The van der Waals surface area contributed by atoms with Crippen molar-refractivity contribution in [3.05, 3.63) is 41.6 Å². The minimum Gasteiger partial charge on any atom is -0.331 e. The van der Waals surface area contributed by atoms with Crippen LogP contribution in [0.3, 0.4) is 0 Å². The van der Waals surface area contributed by atoms with Crippen molar-refractivity contribution in [3.63, 3.8) is 0 Å². The summed E-state index contributed by atoms with van der Waals surface area (Å²) in [7, 11) is 3.89. The summed E-state index contributed by atoms with van der Waals surface area (Å²) < 4.78 is 7.23. The van der Waals surface area contributed by atoms with Crippen LogP contribution < -0.4 is 15.4 Å². The molecule has 1 atom stereocenters. The molecular formula is C18H24N8S. The molecule has 0 spiro atoms. The van der Waals surface area contributed by atoms with Gasteiger partial charge in [-0.3, -0.25) is 13.8 Å². The Balaban J connectivity index is 1.75. The third kappa shape index (κ3) is 3.85. The van der Waals surface area contributed by atoms with Gasteiger partial charge in [0.2, 0.25) is 0 Å². The number of hydrogen-bond acceptors (Lipinski definition) is 7. The van der Waals surface area contributed by atoms with E-state index in [4.69, 9.17) is 4.98 Å². The summed E-state index contributed by atoms with van der Waals surface area (Å²) in [5.41, 5.74) is 3.89. The zero-order chi connectivity index (χ0) is 18.8. The molecule has 0 saturated carbocycles. The first-order valence-corrected chi connectivity index (χ1v) is 9.87. The van der Waals surface area contributed by atoms with Crippen molar-refractivity contribution in [3.8, 4) is 11.3 Å². The molecule has 0 radical (unpaired) electrons.